The SMILES string of the molecule is CC[C@@H](C)NC(=O)[C@@H](CC)N(Cc1cccc(C)c1)C(=O)CCCN(c1ccc(F)c(F)c1)S(C)(=O)=O. The maximum Gasteiger partial charge on any atom is 0.243 e. The van der Waals surface area contributed by atoms with E-state index in [9.17, 15) is 26.8 Å². The summed E-state index contributed by atoms with van der Waals surface area (Å²) in [5.41, 5.74) is 1.88. The quantitative estimate of drug-likeness (QED) is 0.406. The van der Waals surface area contributed by atoms with Crippen LogP contribution in [-0.2, 0) is 26.2 Å². The van der Waals surface area contributed by atoms with Crippen molar-refractivity contribution < 1.29 is 26.8 Å². The summed E-state index contributed by atoms with van der Waals surface area (Å²) in [7, 11) is -3.81. The lowest BCUT2D eigenvalue weighted by molar-refractivity contribution is -0.141. The number of anilines is 1. The maximum absolute atomic E-state index is 13.7. The number of carbonyl (C=O) groups is 2. The minimum atomic E-state index is -3.81. The molecule has 2 atom stereocenters. The molecule has 2 aromatic carbocycles. The summed E-state index contributed by atoms with van der Waals surface area (Å²) < 4.78 is 52.7. The summed E-state index contributed by atoms with van der Waals surface area (Å²) in [6, 6.07) is 9.79. The molecule has 0 aromatic heterocycles. The Morgan fingerprint density at radius 2 is 1.73 bits per heavy atom. The molecule has 0 unspecified atom stereocenters. The molecule has 2 aromatic rings. The molecule has 10 heteroatoms. The summed E-state index contributed by atoms with van der Waals surface area (Å²) in [4.78, 5) is 28.0. The Balaban J connectivity index is 2.24. The second-order valence-electron chi connectivity index (χ2n) is 9.29. The van der Waals surface area contributed by atoms with E-state index in [1.807, 2.05) is 52.0 Å². The summed E-state index contributed by atoms with van der Waals surface area (Å²) in [5.74, 6) is -2.78. The molecule has 0 aliphatic heterocycles. The van der Waals surface area contributed by atoms with Crippen molar-refractivity contribution in [2.24, 2.45) is 0 Å². The van der Waals surface area contributed by atoms with Gasteiger partial charge in [0, 0.05) is 31.6 Å². The van der Waals surface area contributed by atoms with Crippen LogP contribution in [0.15, 0.2) is 42.5 Å². The molecule has 2 rings (SSSR count). The standard InChI is InChI=1S/C27H37F2N3O4S/c1-6-20(4)30-27(34)25(7-2)31(18-21-11-8-10-19(3)16-21)26(33)12-9-15-32(37(5,35)36)22-13-14-23(28)24(29)17-22/h8,10-11,13-14,16-17,20,25H,6-7,9,12,15,18H2,1-5H3,(H,30,34)/t20-,25-/m1/s1. The molecule has 0 radical (unpaired) electrons. The van der Waals surface area contributed by atoms with Gasteiger partial charge in [0.2, 0.25) is 21.8 Å². The van der Waals surface area contributed by atoms with Crippen molar-refractivity contribution in [3.63, 3.8) is 0 Å². The first kappa shape index (κ1) is 30.2. The lowest BCUT2D eigenvalue weighted by atomic mass is 10.1. The molecule has 7 nitrogen and oxygen atoms in total. The molecule has 0 bridgehead atoms. The van der Waals surface area contributed by atoms with Crippen LogP contribution in [0.3, 0.4) is 0 Å². The van der Waals surface area contributed by atoms with Crippen molar-refractivity contribution in [2.45, 2.75) is 72.0 Å². The van der Waals surface area contributed by atoms with E-state index in [1.54, 1.807) is 0 Å². The van der Waals surface area contributed by atoms with E-state index < -0.39 is 27.7 Å². The summed E-state index contributed by atoms with van der Waals surface area (Å²) in [6.45, 7) is 7.76. The van der Waals surface area contributed by atoms with Crippen molar-refractivity contribution >= 4 is 27.5 Å². The number of carbonyl (C=O) groups excluding carboxylic acids is 2. The van der Waals surface area contributed by atoms with Gasteiger partial charge in [-0.3, -0.25) is 13.9 Å². The highest BCUT2D eigenvalue weighted by Gasteiger charge is 2.29. The Hall–Kier alpha value is -3.01. The van der Waals surface area contributed by atoms with Crippen molar-refractivity contribution in [1.82, 2.24) is 10.2 Å². The first-order valence-electron chi connectivity index (χ1n) is 12.5. The lowest BCUT2D eigenvalue weighted by Crippen LogP contribution is -2.50. The van der Waals surface area contributed by atoms with Crippen molar-refractivity contribution in [3.8, 4) is 0 Å². The molecular weight excluding hydrogens is 500 g/mol. The van der Waals surface area contributed by atoms with Gasteiger partial charge in [-0.15, -0.1) is 0 Å². The number of amides is 2. The fraction of sp³-hybridized carbons (Fsp3) is 0.481. The minimum Gasteiger partial charge on any atom is -0.352 e. The monoisotopic (exact) mass is 537 g/mol. The molecule has 37 heavy (non-hydrogen) atoms. The predicted octanol–water partition coefficient (Wildman–Crippen LogP) is 4.54. The van der Waals surface area contributed by atoms with Crippen LogP contribution >= 0.6 is 0 Å². The van der Waals surface area contributed by atoms with E-state index in [0.717, 1.165) is 40.2 Å². The van der Waals surface area contributed by atoms with Crippen molar-refractivity contribution in [2.75, 3.05) is 17.1 Å². The van der Waals surface area contributed by atoms with Crippen LogP contribution in [0.1, 0.15) is 57.6 Å². The number of benzene rings is 2. The maximum atomic E-state index is 13.7. The number of hydrogen-bond donors (Lipinski definition) is 1. The van der Waals surface area contributed by atoms with E-state index in [4.69, 9.17) is 0 Å². The van der Waals surface area contributed by atoms with Crippen LogP contribution in [-0.4, -0.2) is 50.0 Å². The number of hydrogen-bond acceptors (Lipinski definition) is 4. The number of sulfonamides is 1. The van der Waals surface area contributed by atoms with Gasteiger partial charge >= 0.3 is 0 Å². The Morgan fingerprint density at radius 3 is 2.30 bits per heavy atom. The smallest absolute Gasteiger partial charge is 0.243 e. The van der Waals surface area contributed by atoms with Gasteiger partial charge in [-0.05, 0) is 50.8 Å². The summed E-state index contributed by atoms with van der Waals surface area (Å²) in [6.07, 6.45) is 2.21. The zero-order valence-corrected chi connectivity index (χ0v) is 22.9. The topological polar surface area (TPSA) is 86.8 Å². The average Bonchev–Trinajstić information content (AvgIpc) is 2.82. The summed E-state index contributed by atoms with van der Waals surface area (Å²) >= 11 is 0. The normalized spacial score (nSPS) is 13.1. The largest absolute Gasteiger partial charge is 0.352 e. The minimum absolute atomic E-state index is 0.0233. The second kappa shape index (κ2) is 13.5. The molecule has 0 fully saturated rings. The van der Waals surface area contributed by atoms with E-state index in [-0.39, 0.29) is 49.5 Å². The first-order valence-corrected chi connectivity index (χ1v) is 14.3. The van der Waals surface area contributed by atoms with Crippen molar-refractivity contribution in [3.05, 3.63) is 65.2 Å². The Bertz CT molecular complexity index is 1190. The fourth-order valence-corrected chi connectivity index (χ4v) is 4.97. The van der Waals surface area contributed by atoms with Crippen LogP contribution in [0.2, 0.25) is 0 Å². The van der Waals surface area contributed by atoms with E-state index >= 15 is 0 Å². The first-order chi connectivity index (χ1) is 17.4. The highest BCUT2D eigenvalue weighted by molar-refractivity contribution is 7.92. The molecule has 0 saturated carbocycles. The fourth-order valence-electron chi connectivity index (χ4n) is 4.01. The number of aryl methyl sites for hydroxylation is 1. The third kappa shape index (κ3) is 8.80. The van der Waals surface area contributed by atoms with Crippen LogP contribution in [0.25, 0.3) is 0 Å². The van der Waals surface area contributed by atoms with E-state index in [1.165, 1.54) is 11.0 Å². The Labute approximate surface area is 218 Å². The van der Waals surface area contributed by atoms with Crippen LogP contribution in [0.4, 0.5) is 14.5 Å². The average molecular weight is 538 g/mol. The number of halogens is 2. The van der Waals surface area contributed by atoms with Gasteiger partial charge in [0.15, 0.2) is 11.6 Å². The van der Waals surface area contributed by atoms with Crippen LogP contribution < -0.4 is 9.62 Å². The second-order valence-corrected chi connectivity index (χ2v) is 11.2. The molecule has 0 spiro atoms. The number of nitrogens with zero attached hydrogens (tertiary/aromatic N) is 2. The van der Waals surface area contributed by atoms with Gasteiger partial charge in [0.1, 0.15) is 6.04 Å². The van der Waals surface area contributed by atoms with Gasteiger partial charge in [-0.1, -0.05) is 43.7 Å². The molecule has 0 aliphatic rings. The highest BCUT2D eigenvalue weighted by Crippen LogP contribution is 2.22. The summed E-state index contributed by atoms with van der Waals surface area (Å²) in [5, 5.41) is 2.95. The Kier molecular flexibility index (Phi) is 11.0. The Morgan fingerprint density at radius 1 is 1.03 bits per heavy atom. The third-order valence-electron chi connectivity index (χ3n) is 6.17. The van der Waals surface area contributed by atoms with Gasteiger partial charge in [-0.2, -0.15) is 0 Å². The molecule has 0 saturated heterocycles. The van der Waals surface area contributed by atoms with E-state index in [2.05, 4.69) is 5.32 Å². The molecule has 204 valence electrons. The molecule has 1 N–H and O–H groups in total. The predicted molar refractivity (Wildman–Crippen MR) is 141 cm³/mol. The zero-order chi connectivity index (χ0) is 27.8. The van der Waals surface area contributed by atoms with E-state index in [0.29, 0.717) is 6.42 Å². The number of nitrogens with one attached hydrogen (secondary N) is 1. The zero-order valence-electron chi connectivity index (χ0n) is 22.1. The molecule has 0 heterocycles. The van der Waals surface area contributed by atoms with Gasteiger partial charge in [0.25, 0.3) is 0 Å². The van der Waals surface area contributed by atoms with Crippen LogP contribution in [0.5, 0.6) is 0 Å². The molecular formula is C27H37F2N3O4S. The van der Waals surface area contributed by atoms with Crippen molar-refractivity contribution in [1.29, 1.82) is 0 Å². The highest BCUT2D eigenvalue weighted by atomic mass is 32.2. The molecule has 2 amide bonds. The van der Waals surface area contributed by atoms with Gasteiger partial charge in [-0.25, -0.2) is 17.2 Å². The molecule has 0 aliphatic carbocycles. The van der Waals surface area contributed by atoms with Gasteiger partial charge < -0.3 is 10.2 Å². The lowest BCUT2D eigenvalue weighted by Gasteiger charge is -2.32. The van der Waals surface area contributed by atoms with Gasteiger partial charge in [0.05, 0.1) is 11.9 Å². The third-order valence-corrected chi connectivity index (χ3v) is 7.36. The van der Waals surface area contributed by atoms with Crippen LogP contribution in [0, 0.1) is 18.6 Å². The number of rotatable bonds is 13.